The van der Waals surface area contributed by atoms with Gasteiger partial charge in [0, 0.05) is 6.07 Å². The minimum absolute atomic E-state index is 0.188. The third-order valence-corrected chi connectivity index (χ3v) is 4.05. The fourth-order valence-corrected chi connectivity index (χ4v) is 2.60. The Morgan fingerprint density at radius 1 is 1.04 bits per heavy atom. The predicted molar refractivity (Wildman–Crippen MR) is 98.8 cm³/mol. The fraction of sp³-hybridized carbons (Fsp3) is 0.286. The lowest BCUT2D eigenvalue weighted by Crippen LogP contribution is -2.06. The second-order valence-electron chi connectivity index (χ2n) is 5.85. The lowest BCUT2D eigenvalue weighted by Gasteiger charge is -2.10. The van der Waals surface area contributed by atoms with E-state index in [1.165, 1.54) is 6.26 Å². The van der Waals surface area contributed by atoms with Crippen molar-refractivity contribution in [3.05, 3.63) is 64.5 Å². The first kappa shape index (κ1) is 17.1. The van der Waals surface area contributed by atoms with Crippen LogP contribution in [0, 0.1) is 0 Å². The van der Waals surface area contributed by atoms with Crippen molar-refractivity contribution in [1.82, 2.24) is 0 Å². The summed E-state index contributed by atoms with van der Waals surface area (Å²) in [5.74, 6) is 1.57. The fourth-order valence-electron chi connectivity index (χ4n) is 2.60. The van der Waals surface area contributed by atoms with Gasteiger partial charge in [0.15, 0.2) is 0 Å². The monoisotopic (exact) mass is 338 g/mol. The first-order valence-electron chi connectivity index (χ1n) is 8.67. The minimum atomic E-state index is -0.188. The normalized spacial score (nSPS) is 10.8. The highest BCUT2D eigenvalue weighted by Gasteiger charge is 2.11. The molecule has 2 aromatic carbocycles. The van der Waals surface area contributed by atoms with Gasteiger partial charge >= 0.3 is 0 Å². The van der Waals surface area contributed by atoms with Gasteiger partial charge in [-0.25, -0.2) is 0 Å². The topological polar surface area (TPSA) is 48.7 Å². The van der Waals surface area contributed by atoms with Crippen LogP contribution in [0.1, 0.15) is 32.3 Å². The smallest absolute Gasteiger partial charge is 0.235 e. The van der Waals surface area contributed by atoms with Crippen LogP contribution in [-0.4, -0.2) is 6.61 Å². The Morgan fingerprint density at radius 2 is 1.88 bits per heavy atom. The largest absolute Gasteiger partial charge is 0.493 e. The van der Waals surface area contributed by atoms with Crippen LogP contribution < -0.4 is 14.9 Å². The van der Waals surface area contributed by atoms with Gasteiger partial charge < -0.3 is 13.9 Å². The highest BCUT2D eigenvalue weighted by Crippen LogP contribution is 2.26. The molecule has 0 spiro atoms. The molecule has 0 radical (unpaired) electrons. The van der Waals surface area contributed by atoms with Crippen molar-refractivity contribution in [2.24, 2.45) is 0 Å². The average molecular weight is 338 g/mol. The third-order valence-electron chi connectivity index (χ3n) is 4.05. The number of hydrogen-bond acceptors (Lipinski definition) is 4. The molecule has 25 heavy (non-hydrogen) atoms. The van der Waals surface area contributed by atoms with Gasteiger partial charge in [0.25, 0.3) is 0 Å². The summed E-state index contributed by atoms with van der Waals surface area (Å²) in [6, 6.07) is 12.9. The molecule has 0 unspecified atom stereocenters. The molecular weight excluding hydrogens is 316 g/mol. The zero-order chi connectivity index (χ0) is 17.6. The van der Waals surface area contributed by atoms with Crippen LogP contribution >= 0.6 is 0 Å². The number of para-hydroxylation sites is 1. The Morgan fingerprint density at radius 3 is 2.68 bits per heavy atom. The van der Waals surface area contributed by atoms with Crippen LogP contribution in [0.2, 0.25) is 0 Å². The summed E-state index contributed by atoms with van der Waals surface area (Å²) in [6.07, 6.45) is 4.26. The molecule has 1 heterocycles. The van der Waals surface area contributed by atoms with Crippen LogP contribution in [-0.2, 0) is 6.42 Å². The average Bonchev–Trinajstić information content (AvgIpc) is 2.64. The van der Waals surface area contributed by atoms with E-state index in [2.05, 4.69) is 6.92 Å². The molecule has 3 aromatic rings. The molecule has 0 amide bonds. The molecule has 0 fully saturated rings. The van der Waals surface area contributed by atoms with Crippen molar-refractivity contribution >= 4 is 11.0 Å². The molecule has 1 aromatic heterocycles. The maximum Gasteiger partial charge on any atom is 0.235 e. The van der Waals surface area contributed by atoms with E-state index in [1.54, 1.807) is 18.2 Å². The van der Waals surface area contributed by atoms with Gasteiger partial charge in [-0.15, -0.1) is 0 Å². The standard InChI is InChI=1S/C21H22O4/c1-3-5-12-23-16-10-11-17-19(13-16)24-14-20(21(17)22)25-18-9-7-6-8-15(18)4-2/h6-11,13-14H,3-5,12H2,1-2H3. The highest BCUT2D eigenvalue weighted by molar-refractivity contribution is 5.79. The van der Waals surface area contributed by atoms with E-state index in [1.807, 2.05) is 31.2 Å². The lowest BCUT2D eigenvalue weighted by atomic mass is 10.1. The Hall–Kier alpha value is -2.75. The molecular formula is C21H22O4. The molecule has 0 saturated carbocycles. The number of hydrogen-bond donors (Lipinski definition) is 0. The first-order valence-corrected chi connectivity index (χ1v) is 8.67. The molecule has 3 rings (SSSR count). The van der Waals surface area contributed by atoms with Crippen molar-refractivity contribution in [3.63, 3.8) is 0 Å². The van der Waals surface area contributed by atoms with E-state index in [-0.39, 0.29) is 11.2 Å². The lowest BCUT2D eigenvalue weighted by molar-refractivity contribution is 0.309. The van der Waals surface area contributed by atoms with Crippen molar-refractivity contribution in [3.8, 4) is 17.2 Å². The summed E-state index contributed by atoms with van der Waals surface area (Å²) in [4.78, 5) is 12.7. The molecule has 0 aliphatic carbocycles. The van der Waals surface area contributed by atoms with E-state index in [0.29, 0.717) is 29.1 Å². The number of unbranched alkanes of at least 4 members (excludes halogenated alkanes) is 1. The molecule has 130 valence electrons. The van der Waals surface area contributed by atoms with E-state index in [9.17, 15) is 4.79 Å². The SMILES string of the molecule is CCCCOc1ccc2c(=O)c(Oc3ccccc3CC)coc2c1. The number of fused-ring (bicyclic) bond motifs is 1. The number of rotatable bonds is 7. The molecule has 0 atom stereocenters. The van der Waals surface area contributed by atoms with Crippen molar-refractivity contribution in [2.75, 3.05) is 6.61 Å². The van der Waals surface area contributed by atoms with Crippen molar-refractivity contribution < 1.29 is 13.9 Å². The molecule has 0 aliphatic heterocycles. The van der Waals surface area contributed by atoms with Crippen LogP contribution in [0.3, 0.4) is 0 Å². The molecule has 4 nitrogen and oxygen atoms in total. The Labute approximate surface area is 147 Å². The first-order chi connectivity index (χ1) is 12.2. The van der Waals surface area contributed by atoms with Gasteiger partial charge in [-0.1, -0.05) is 38.5 Å². The summed E-state index contributed by atoms with van der Waals surface area (Å²) >= 11 is 0. The predicted octanol–water partition coefficient (Wildman–Crippen LogP) is 5.33. The van der Waals surface area contributed by atoms with Crippen LogP contribution in [0.4, 0.5) is 0 Å². The Balaban J connectivity index is 1.89. The summed E-state index contributed by atoms with van der Waals surface area (Å²) in [7, 11) is 0. The van der Waals surface area contributed by atoms with Crippen LogP contribution in [0.15, 0.2) is 57.9 Å². The summed E-state index contributed by atoms with van der Waals surface area (Å²) in [5, 5.41) is 0.481. The van der Waals surface area contributed by atoms with Crippen molar-refractivity contribution in [2.45, 2.75) is 33.1 Å². The zero-order valence-corrected chi connectivity index (χ0v) is 14.6. The molecule has 0 aliphatic rings. The van der Waals surface area contributed by atoms with Crippen molar-refractivity contribution in [1.29, 1.82) is 0 Å². The summed E-state index contributed by atoms with van der Waals surface area (Å²) in [6.45, 7) is 4.81. The second kappa shape index (κ2) is 7.88. The van der Waals surface area contributed by atoms with E-state index >= 15 is 0 Å². The van der Waals surface area contributed by atoms with Gasteiger partial charge in [-0.2, -0.15) is 0 Å². The summed E-state index contributed by atoms with van der Waals surface area (Å²) < 4.78 is 17.1. The van der Waals surface area contributed by atoms with Crippen LogP contribution in [0.5, 0.6) is 17.2 Å². The maximum absolute atomic E-state index is 12.7. The van der Waals surface area contributed by atoms with E-state index in [0.717, 1.165) is 24.8 Å². The molecule has 0 saturated heterocycles. The summed E-state index contributed by atoms with van der Waals surface area (Å²) in [5.41, 5.74) is 1.35. The quantitative estimate of drug-likeness (QED) is 0.547. The Kier molecular flexibility index (Phi) is 5.39. The van der Waals surface area contributed by atoms with Gasteiger partial charge in [0.05, 0.1) is 12.0 Å². The van der Waals surface area contributed by atoms with Gasteiger partial charge in [0.2, 0.25) is 11.2 Å². The zero-order valence-electron chi connectivity index (χ0n) is 14.6. The van der Waals surface area contributed by atoms with E-state index in [4.69, 9.17) is 13.9 Å². The molecule has 4 heteroatoms. The van der Waals surface area contributed by atoms with Gasteiger partial charge in [0.1, 0.15) is 23.3 Å². The molecule has 0 N–H and O–H groups in total. The highest BCUT2D eigenvalue weighted by atomic mass is 16.5. The maximum atomic E-state index is 12.7. The van der Waals surface area contributed by atoms with Gasteiger partial charge in [-0.3, -0.25) is 4.79 Å². The van der Waals surface area contributed by atoms with Crippen LogP contribution in [0.25, 0.3) is 11.0 Å². The number of ether oxygens (including phenoxy) is 2. The third kappa shape index (κ3) is 3.85. The number of benzene rings is 2. The number of aryl methyl sites for hydroxylation is 1. The van der Waals surface area contributed by atoms with E-state index < -0.39 is 0 Å². The van der Waals surface area contributed by atoms with Gasteiger partial charge in [-0.05, 0) is 36.6 Å². The second-order valence-corrected chi connectivity index (χ2v) is 5.85. The minimum Gasteiger partial charge on any atom is -0.493 e. The Bertz CT molecular complexity index is 911. The molecule has 0 bridgehead atoms.